The molecule has 3 heteroatoms. The molecular weight excluding hydrogens is 334 g/mol. The molecule has 3 aromatic carbocycles. The minimum atomic E-state index is 0.117. The van der Waals surface area contributed by atoms with Gasteiger partial charge in [0.05, 0.1) is 7.11 Å². The summed E-state index contributed by atoms with van der Waals surface area (Å²) in [7, 11) is 3.84. The van der Waals surface area contributed by atoms with Crippen molar-refractivity contribution in [3.63, 3.8) is 0 Å². The van der Waals surface area contributed by atoms with E-state index in [9.17, 15) is 5.11 Å². The second-order valence-electron chi connectivity index (χ2n) is 8.04. The van der Waals surface area contributed by atoms with Gasteiger partial charge >= 0.3 is 0 Å². The topological polar surface area (TPSA) is 32.7 Å². The Kier molecular flexibility index (Phi) is 3.70. The van der Waals surface area contributed by atoms with Crippen molar-refractivity contribution in [2.45, 2.75) is 30.7 Å². The van der Waals surface area contributed by atoms with Gasteiger partial charge in [-0.3, -0.25) is 4.90 Å². The monoisotopic (exact) mass is 359 g/mol. The summed E-state index contributed by atoms with van der Waals surface area (Å²) in [4.78, 5) is 2.48. The van der Waals surface area contributed by atoms with Crippen LogP contribution < -0.4 is 4.74 Å². The Hall–Kier alpha value is -2.52. The molecule has 27 heavy (non-hydrogen) atoms. The summed E-state index contributed by atoms with van der Waals surface area (Å²) < 4.78 is 5.35. The molecule has 2 aliphatic rings. The highest BCUT2D eigenvalue weighted by atomic mass is 16.5. The van der Waals surface area contributed by atoms with Crippen molar-refractivity contribution in [1.29, 1.82) is 0 Å². The molecule has 1 aliphatic carbocycles. The Morgan fingerprint density at radius 1 is 1.07 bits per heavy atom. The molecule has 0 saturated heterocycles. The quantitative estimate of drug-likeness (QED) is 0.728. The van der Waals surface area contributed by atoms with Crippen LogP contribution in [0.4, 0.5) is 0 Å². The van der Waals surface area contributed by atoms with Crippen LogP contribution in [0.1, 0.15) is 35.6 Å². The van der Waals surface area contributed by atoms with Gasteiger partial charge in [-0.05, 0) is 65.9 Å². The minimum Gasteiger partial charge on any atom is -0.504 e. The van der Waals surface area contributed by atoms with E-state index in [-0.39, 0.29) is 17.2 Å². The Labute approximate surface area is 160 Å². The summed E-state index contributed by atoms with van der Waals surface area (Å²) in [6.07, 6.45) is 3.36. The Balaban J connectivity index is 1.69. The molecular formula is C24H25NO2. The van der Waals surface area contributed by atoms with Crippen LogP contribution in [0.2, 0.25) is 0 Å². The molecule has 0 spiro atoms. The molecule has 1 fully saturated rings. The molecule has 0 bridgehead atoms. The van der Waals surface area contributed by atoms with E-state index in [2.05, 4.69) is 54.4 Å². The number of phenols is 1. The normalized spacial score (nSPS) is 21.0. The lowest BCUT2D eigenvalue weighted by molar-refractivity contribution is 0.187. The average molecular weight is 359 g/mol. The van der Waals surface area contributed by atoms with Gasteiger partial charge in [0.25, 0.3) is 0 Å². The van der Waals surface area contributed by atoms with Crippen molar-refractivity contribution in [3.8, 4) is 11.5 Å². The first-order valence-corrected chi connectivity index (χ1v) is 9.72. The van der Waals surface area contributed by atoms with E-state index in [0.717, 1.165) is 13.0 Å². The molecule has 0 aromatic heterocycles. The van der Waals surface area contributed by atoms with Crippen LogP contribution in [0.3, 0.4) is 0 Å². The summed E-state index contributed by atoms with van der Waals surface area (Å²) in [5.41, 5.74) is 4.12. The maximum Gasteiger partial charge on any atom is 0.160 e. The molecule has 3 aromatic rings. The van der Waals surface area contributed by atoms with Crippen LogP contribution in [0.15, 0.2) is 54.6 Å². The first-order valence-electron chi connectivity index (χ1n) is 9.72. The maximum atomic E-state index is 10.5. The average Bonchev–Trinajstić information content (AvgIpc) is 3.48. The van der Waals surface area contributed by atoms with Crippen molar-refractivity contribution in [2.75, 3.05) is 20.7 Å². The van der Waals surface area contributed by atoms with Crippen molar-refractivity contribution < 1.29 is 9.84 Å². The van der Waals surface area contributed by atoms with E-state index < -0.39 is 0 Å². The summed E-state index contributed by atoms with van der Waals surface area (Å²) in [5, 5.41) is 13.1. The number of phenolic OH excluding ortho intramolecular Hbond substituents is 1. The lowest BCUT2D eigenvalue weighted by Gasteiger charge is -2.41. The molecule has 1 atom stereocenters. The highest BCUT2D eigenvalue weighted by molar-refractivity contribution is 5.87. The molecule has 1 N–H and O–H groups in total. The van der Waals surface area contributed by atoms with Crippen molar-refractivity contribution in [3.05, 3.63) is 71.3 Å². The number of hydrogen-bond donors (Lipinski definition) is 1. The molecule has 1 heterocycles. The largest absolute Gasteiger partial charge is 0.504 e. The van der Waals surface area contributed by atoms with E-state index >= 15 is 0 Å². The number of methoxy groups -OCH3 is 1. The van der Waals surface area contributed by atoms with Crippen LogP contribution in [0, 0.1) is 0 Å². The third-order valence-corrected chi connectivity index (χ3v) is 6.55. The van der Waals surface area contributed by atoms with Gasteiger partial charge in [-0.1, -0.05) is 42.5 Å². The standard InChI is InChI=1S/C24H25NO2/c1-25-13-10-17-14-22(27-2)21(26)15-19(17)23(25)24(11-12-24)20-9-5-7-16-6-3-4-8-18(16)20/h3-9,14-15,23,26H,10-13H2,1-2H3. The molecule has 1 aliphatic heterocycles. The number of nitrogens with zero attached hydrogens (tertiary/aromatic N) is 1. The number of fused-ring (bicyclic) bond motifs is 2. The zero-order chi connectivity index (χ0) is 18.6. The SMILES string of the molecule is COc1cc2c(cc1O)C(C1(c3cccc4ccccc34)CC1)N(C)CC2. The summed E-state index contributed by atoms with van der Waals surface area (Å²) >= 11 is 0. The van der Waals surface area contributed by atoms with Crippen molar-refractivity contribution >= 4 is 10.8 Å². The lowest BCUT2D eigenvalue weighted by Crippen LogP contribution is -2.39. The van der Waals surface area contributed by atoms with E-state index in [4.69, 9.17) is 4.74 Å². The minimum absolute atomic E-state index is 0.117. The predicted molar refractivity (Wildman–Crippen MR) is 109 cm³/mol. The number of hydrogen-bond acceptors (Lipinski definition) is 3. The summed E-state index contributed by atoms with van der Waals surface area (Å²) in [6, 6.07) is 19.6. The number of aromatic hydroxyl groups is 1. The van der Waals surface area contributed by atoms with Gasteiger partial charge in [-0.15, -0.1) is 0 Å². The van der Waals surface area contributed by atoms with E-state index in [1.165, 1.54) is 40.3 Å². The summed E-state index contributed by atoms with van der Waals surface area (Å²) in [6.45, 7) is 1.03. The van der Waals surface area contributed by atoms with E-state index in [0.29, 0.717) is 5.75 Å². The van der Waals surface area contributed by atoms with E-state index in [1.807, 2.05) is 12.1 Å². The first-order chi connectivity index (χ1) is 13.1. The van der Waals surface area contributed by atoms with Gasteiger partial charge in [0.2, 0.25) is 0 Å². The fraction of sp³-hybridized carbons (Fsp3) is 0.333. The molecule has 0 amide bonds. The van der Waals surface area contributed by atoms with E-state index in [1.54, 1.807) is 7.11 Å². The van der Waals surface area contributed by atoms with Gasteiger partial charge in [0.1, 0.15) is 0 Å². The van der Waals surface area contributed by atoms with Crippen molar-refractivity contribution in [1.82, 2.24) is 4.90 Å². The highest BCUT2D eigenvalue weighted by Crippen LogP contribution is 2.61. The number of rotatable bonds is 3. The van der Waals surface area contributed by atoms with Crippen LogP contribution >= 0.6 is 0 Å². The van der Waals surface area contributed by atoms with Gasteiger partial charge in [-0.2, -0.15) is 0 Å². The molecule has 1 unspecified atom stereocenters. The molecule has 5 rings (SSSR count). The van der Waals surface area contributed by atoms with Gasteiger partial charge < -0.3 is 9.84 Å². The van der Waals surface area contributed by atoms with Gasteiger partial charge in [-0.25, -0.2) is 0 Å². The Bertz CT molecular complexity index is 1020. The second kappa shape index (κ2) is 6.00. The Morgan fingerprint density at radius 2 is 1.85 bits per heavy atom. The maximum absolute atomic E-state index is 10.5. The zero-order valence-electron chi connectivity index (χ0n) is 15.9. The van der Waals surface area contributed by atoms with Gasteiger partial charge in [0, 0.05) is 18.0 Å². The van der Waals surface area contributed by atoms with Crippen LogP contribution in [0.5, 0.6) is 11.5 Å². The van der Waals surface area contributed by atoms with Crippen LogP contribution in [-0.2, 0) is 11.8 Å². The van der Waals surface area contributed by atoms with Gasteiger partial charge in [0.15, 0.2) is 11.5 Å². The lowest BCUT2D eigenvalue weighted by atomic mass is 9.77. The molecule has 3 nitrogen and oxygen atoms in total. The first kappa shape index (κ1) is 16.6. The highest BCUT2D eigenvalue weighted by Gasteiger charge is 2.54. The smallest absolute Gasteiger partial charge is 0.160 e. The van der Waals surface area contributed by atoms with Crippen molar-refractivity contribution in [2.24, 2.45) is 0 Å². The number of benzene rings is 3. The molecule has 138 valence electrons. The zero-order valence-corrected chi connectivity index (χ0v) is 15.9. The fourth-order valence-corrected chi connectivity index (χ4v) is 5.13. The number of ether oxygens (including phenoxy) is 1. The molecule has 0 radical (unpaired) electrons. The summed E-state index contributed by atoms with van der Waals surface area (Å²) in [5.74, 6) is 0.817. The fourth-order valence-electron chi connectivity index (χ4n) is 5.13. The third-order valence-electron chi connectivity index (χ3n) is 6.55. The number of likely N-dealkylation sites (N-methyl/N-ethyl adjacent to an activating group) is 1. The third kappa shape index (κ3) is 2.45. The second-order valence-corrected chi connectivity index (χ2v) is 8.04. The predicted octanol–water partition coefficient (Wildman–Crippen LogP) is 4.81. The van der Waals surface area contributed by atoms with Crippen LogP contribution in [-0.4, -0.2) is 30.7 Å². The molecule has 1 saturated carbocycles. The Morgan fingerprint density at radius 3 is 2.63 bits per heavy atom. The van der Waals surface area contributed by atoms with Crippen LogP contribution in [0.25, 0.3) is 10.8 Å².